The zero-order chi connectivity index (χ0) is 16.5. The molecule has 2 aromatic rings. The van der Waals surface area contributed by atoms with Gasteiger partial charge in [0, 0.05) is 43.3 Å². The molecule has 0 spiro atoms. The Kier molecular flexibility index (Phi) is 3.84. The van der Waals surface area contributed by atoms with E-state index in [0.717, 1.165) is 31.6 Å². The van der Waals surface area contributed by atoms with E-state index in [4.69, 9.17) is 0 Å². The molecule has 5 heteroatoms. The fourth-order valence-electron chi connectivity index (χ4n) is 3.65. The van der Waals surface area contributed by atoms with Crippen LogP contribution in [0.15, 0.2) is 41.3 Å². The summed E-state index contributed by atoms with van der Waals surface area (Å²) in [6.45, 7) is 2.90. The van der Waals surface area contributed by atoms with Gasteiger partial charge in [0.15, 0.2) is 0 Å². The number of hydrogen-bond acceptors (Lipinski definition) is 3. The van der Waals surface area contributed by atoms with Crippen molar-refractivity contribution in [3.8, 4) is 0 Å². The molecule has 0 atom stereocenters. The molecular weight excluding hydrogens is 302 g/mol. The number of aryl methyl sites for hydroxylation is 1. The Bertz CT molecular complexity index is 801. The number of nitrogens with one attached hydrogen (secondary N) is 1. The Morgan fingerprint density at radius 2 is 1.83 bits per heavy atom. The van der Waals surface area contributed by atoms with Gasteiger partial charge in [0.05, 0.1) is 5.56 Å². The van der Waals surface area contributed by atoms with E-state index in [0.29, 0.717) is 12.1 Å². The molecule has 5 nitrogen and oxygen atoms in total. The van der Waals surface area contributed by atoms with Crippen LogP contribution in [-0.2, 0) is 6.42 Å². The average molecular weight is 323 g/mol. The molecule has 0 unspecified atom stereocenters. The first-order valence-electron chi connectivity index (χ1n) is 8.61. The van der Waals surface area contributed by atoms with Gasteiger partial charge in [-0.25, -0.2) is 0 Å². The first-order chi connectivity index (χ1) is 11.7. The molecule has 0 radical (unpaired) electrons. The second-order valence-electron chi connectivity index (χ2n) is 6.51. The number of carbonyl (C=O) groups is 1. The van der Waals surface area contributed by atoms with Crippen molar-refractivity contribution in [3.05, 3.63) is 58.0 Å². The lowest BCUT2D eigenvalue weighted by Gasteiger charge is -2.31. The van der Waals surface area contributed by atoms with Crippen molar-refractivity contribution in [2.45, 2.75) is 25.7 Å². The summed E-state index contributed by atoms with van der Waals surface area (Å²) in [5, 5.41) is 0. The molecule has 1 N–H and O–H groups in total. The third kappa shape index (κ3) is 2.70. The molecule has 4 rings (SSSR count). The molecule has 2 aliphatic heterocycles. The molecule has 1 saturated heterocycles. The zero-order valence-electron chi connectivity index (χ0n) is 13.6. The lowest BCUT2D eigenvalue weighted by atomic mass is 10.00. The van der Waals surface area contributed by atoms with E-state index in [1.165, 1.54) is 36.4 Å². The van der Waals surface area contributed by atoms with Crippen molar-refractivity contribution >= 4 is 17.3 Å². The molecule has 24 heavy (non-hydrogen) atoms. The number of aromatic amines is 1. The van der Waals surface area contributed by atoms with Crippen LogP contribution in [0.5, 0.6) is 0 Å². The minimum absolute atomic E-state index is 0.0502. The molecular formula is C19H21N3O2. The van der Waals surface area contributed by atoms with Crippen molar-refractivity contribution in [2.75, 3.05) is 29.4 Å². The maximum absolute atomic E-state index is 12.9. The standard InChI is InChI=1S/C19H21N3O2/c23-18-8-6-15(13-20-18)19(24)22-11-3-4-14-5-7-16(12-17(14)22)21-9-1-2-10-21/h5-8,12-13H,1-4,9-11H2,(H,20,23). The summed E-state index contributed by atoms with van der Waals surface area (Å²) in [7, 11) is 0. The molecule has 0 bridgehead atoms. The monoisotopic (exact) mass is 323 g/mol. The summed E-state index contributed by atoms with van der Waals surface area (Å²) < 4.78 is 0. The van der Waals surface area contributed by atoms with Gasteiger partial charge < -0.3 is 14.8 Å². The number of fused-ring (bicyclic) bond motifs is 1. The van der Waals surface area contributed by atoms with Crippen LogP contribution in [0.1, 0.15) is 35.2 Å². The second-order valence-corrected chi connectivity index (χ2v) is 6.51. The van der Waals surface area contributed by atoms with Gasteiger partial charge in [-0.2, -0.15) is 0 Å². The number of aromatic nitrogens is 1. The Morgan fingerprint density at radius 3 is 2.58 bits per heavy atom. The molecule has 0 saturated carbocycles. The molecule has 1 aromatic carbocycles. The SMILES string of the molecule is O=C(c1ccc(=O)[nH]c1)N1CCCc2ccc(N3CCCC3)cc21. The van der Waals surface area contributed by atoms with E-state index >= 15 is 0 Å². The lowest BCUT2D eigenvalue weighted by molar-refractivity contribution is 0.0984. The number of benzene rings is 1. The molecule has 0 aliphatic carbocycles. The molecule has 1 aromatic heterocycles. The van der Waals surface area contributed by atoms with Crippen LogP contribution in [0.25, 0.3) is 0 Å². The first kappa shape index (κ1) is 15.0. The Morgan fingerprint density at radius 1 is 1.00 bits per heavy atom. The summed E-state index contributed by atoms with van der Waals surface area (Å²) in [6, 6.07) is 9.50. The van der Waals surface area contributed by atoms with E-state index in [1.54, 1.807) is 6.07 Å². The number of anilines is 2. The molecule has 124 valence electrons. The van der Waals surface area contributed by atoms with Gasteiger partial charge in [0.1, 0.15) is 0 Å². The van der Waals surface area contributed by atoms with Crippen molar-refractivity contribution in [3.63, 3.8) is 0 Å². The van der Waals surface area contributed by atoms with Crippen molar-refractivity contribution in [1.82, 2.24) is 4.98 Å². The highest BCUT2D eigenvalue weighted by Gasteiger charge is 2.25. The normalized spacial score (nSPS) is 17.0. The summed E-state index contributed by atoms with van der Waals surface area (Å²) in [4.78, 5) is 30.9. The third-order valence-electron chi connectivity index (χ3n) is 4.94. The van der Waals surface area contributed by atoms with Crippen LogP contribution >= 0.6 is 0 Å². The number of rotatable bonds is 2. The molecule has 1 fully saturated rings. The lowest BCUT2D eigenvalue weighted by Crippen LogP contribution is -2.36. The number of pyridine rings is 1. The smallest absolute Gasteiger partial charge is 0.259 e. The highest BCUT2D eigenvalue weighted by molar-refractivity contribution is 6.06. The van der Waals surface area contributed by atoms with Crippen molar-refractivity contribution in [2.24, 2.45) is 0 Å². The quantitative estimate of drug-likeness (QED) is 0.924. The third-order valence-corrected chi connectivity index (χ3v) is 4.94. The molecule has 1 amide bonds. The Labute approximate surface area is 140 Å². The summed E-state index contributed by atoms with van der Waals surface area (Å²) >= 11 is 0. The first-order valence-corrected chi connectivity index (χ1v) is 8.61. The van der Waals surface area contributed by atoms with E-state index in [9.17, 15) is 9.59 Å². The number of hydrogen-bond donors (Lipinski definition) is 1. The highest BCUT2D eigenvalue weighted by Crippen LogP contribution is 2.33. The predicted octanol–water partition coefficient (Wildman–Crippen LogP) is 2.57. The summed E-state index contributed by atoms with van der Waals surface area (Å²) in [5.74, 6) is -0.0502. The summed E-state index contributed by atoms with van der Waals surface area (Å²) in [6.07, 6.45) is 5.94. The predicted molar refractivity (Wildman–Crippen MR) is 94.9 cm³/mol. The van der Waals surface area contributed by atoms with Gasteiger partial charge in [0.25, 0.3) is 5.91 Å². The topological polar surface area (TPSA) is 56.4 Å². The Balaban J connectivity index is 1.68. The highest BCUT2D eigenvalue weighted by atomic mass is 16.2. The van der Waals surface area contributed by atoms with Gasteiger partial charge in [0.2, 0.25) is 5.56 Å². The van der Waals surface area contributed by atoms with Gasteiger partial charge in [-0.15, -0.1) is 0 Å². The van der Waals surface area contributed by atoms with E-state index < -0.39 is 0 Å². The van der Waals surface area contributed by atoms with Crippen LogP contribution in [0.2, 0.25) is 0 Å². The van der Waals surface area contributed by atoms with Crippen LogP contribution in [0.4, 0.5) is 11.4 Å². The van der Waals surface area contributed by atoms with E-state index in [2.05, 4.69) is 28.1 Å². The molecule has 2 aliphatic rings. The average Bonchev–Trinajstić information content (AvgIpc) is 3.15. The second kappa shape index (κ2) is 6.15. The fourth-order valence-corrected chi connectivity index (χ4v) is 3.65. The number of amides is 1. The van der Waals surface area contributed by atoms with Gasteiger partial charge in [-0.05, 0) is 49.4 Å². The number of nitrogens with zero attached hydrogens (tertiary/aromatic N) is 2. The van der Waals surface area contributed by atoms with E-state index in [-0.39, 0.29) is 11.5 Å². The minimum Gasteiger partial charge on any atom is -0.371 e. The zero-order valence-corrected chi connectivity index (χ0v) is 13.6. The van der Waals surface area contributed by atoms with Crippen LogP contribution in [0.3, 0.4) is 0 Å². The summed E-state index contributed by atoms with van der Waals surface area (Å²) in [5.41, 5.74) is 3.77. The van der Waals surface area contributed by atoms with Crippen molar-refractivity contribution in [1.29, 1.82) is 0 Å². The van der Waals surface area contributed by atoms with Crippen LogP contribution in [0, 0.1) is 0 Å². The van der Waals surface area contributed by atoms with Crippen molar-refractivity contribution < 1.29 is 4.79 Å². The largest absolute Gasteiger partial charge is 0.371 e. The van der Waals surface area contributed by atoms with E-state index in [1.807, 2.05) is 4.90 Å². The number of carbonyl (C=O) groups excluding carboxylic acids is 1. The maximum Gasteiger partial charge on any atom is 0.259 e. The maximum atomic E-state index is 12.9. The van der Waals surface area contributed by atoms with Gasteiger partial charge >= 0.3 is 0 Å². The van der Waals surface area contributed by atoms with Gasteiger partial charge in [-0.3, -0.25) is 9.59 Å². The van der Waals surface area contributed by atoms with Crippen LogP contribution in [-0.4, -0.2) is 30.5 Å². The molecule has 3 heterocycles. The van der Waals surface area contributed by atoms with Gasteiger partial charge in [-0.1, -0.05) is 6.07 Å². The number of H-pyrrole nitrogens is 1. The minimum atomic E-state index is -0.193. The Hall–Kier alpha value is -2.56. The fraction of sp³-hybridized carbons (Fsp3) is 0.368. The van der Waals surface area contributed by atoms with Crippen LogP contribution < -0.4 is 15.4 Å².